The second-order valence-electron chi connectivity index (χ2n) is 4.29. The zero-order valence-corrected chi connectivity index (χ0v) is 10.3. The van der Waals surface area contributed by atoms with E-state index in [4.69, 9.17) is 10.00 Å². The van der Waals surface area contributed by atoms with Crippen LogP contribution in [0.3, 0.4) is 0 Å². The minimum Gasteiger partial charge on any atom is -0.377 e. The number of ether oxygens (including phenoxy) is 1. The normalized spacial score (nSPS) is 13.7. The van der Waals surface area contributed by atoms with E-state index < -0.39 is 5.41 Å². The highest BCUT2D eigenvalue weighted by Gasteiger charge is 2.29. The Morgan fingerprint density at radius 2 is 2.06 bits per heavy atom. The molecule has 3 heteroatoms. The molecule has 0 N–H and O–H groups in total. The molecule has 17 heavy (non-hydrogen) atoms. The number of Topliss-reactive ketones (excluding diaryl/α,β-unsaturated/α-hetero) is 1. The van der Waals surface area contributed by atoms with E-state index in [0.717, 1.165) is 5.56 Å². The summed E-state index contributed by atoms with van der Waals surface area (Å²) in [7, 11) is 0. The molecule has 0 aliphatic heterocycles. The molecule has 1 aromatic rings. The summed E-state index contributed by atoms with van der Waals surface area (Å²) in [5.74, 6) is -0.108. The summed E-state index contributed by atoms with van der Waals surface area (Å²) in [5, 5.41) is 8.95. The van der Waals surface area contributed by atoms with Gasteiger partial charge in [0.05, 0.1) is 12.7 Å². The predicted molar refractivity (Wildman–Crippen MR) is 65.1 cm³/mol. The van der Waals surface area contributed by atoms with Gasteiger partial charge < -0.3 is 4.74 Å². The highest BCUT2D eigenvalue weighted by molar-refractivity contribution is 5.84. The smallest absolute Gasteiger partial charge is 0.149 e. The first-order chi connectivity index (χ1) is 8.08. The van der Waals surface area contributed by atoms with Crippen LogP contribution >= 0.6 is 0 Å². The second-order valence-corrected chi connectivity index (χ2v) is 4.29. The molecule has 0 amide bonds. The van der Waals surface area contributed by atoms with Gasteiger partial charge in [0.15, 0.2) is 0 Å². The lowest BCUT2D eigenvalue weighted by Gasteiger charge is -2.17. The zero-order valence-electron chi connectivity index (χ0n) is 10.3. The summed E-state index contributed by atoms with van der Waals surface area (Å²) in [6.07, 6.45) is 0.436. The van der Waals surface area contributed by atoms with Crippen LogP contribution in [0.15, 0.2) is 30.3 Å². The van der Waals surface area contributed by atoms with Crippen LogP contribution in [0.5, 0.6) is 0 Å². The summed E-state index contributed by atoms with van der Waals surface area (Å²) in [5.41, 5.74) is 0.172. The summed E-state index contributed by atoms with van der Waals surface area (Å²) in [6.45, 7) is 4.03. The van der Waals surface area contributed by atoms with Crippen LogP contribution < -0.4 is 0 Å². The SMILES string of the molecule is CC(=O)C(C)(C#N)CCOCc1ccccc1. The molecule has 90 valence electrons. The fraction of sp³-hybridized carbons (Fsp3) is 0.429. The van der Waals surface area contributed by atoms with Gasteiger partial charge in [-0.05, 0) is 25.8 Å². The third kappa shape index (κ3) is 4.01. The number of ketones is 1. The molecule has 0 bridgehead atoms. The van der Waals surface area contributed by atoms with Gasteiger partial charge in [-0.15, -0.1) is 0 Å². The molecule has 1 unspecified atom stereocenters. The highest BCUT2D eigenvalue weighted by Crippen LogP contribution is 2.21. The van der Waals surface area contributed by atoms with Crippen LogP contribution in [0.25, 0.3) is 0 Å². The topological polar surface area (TPSA) is 50.1 Å². The fourth-order valence-corrected chi connectivity index (χ4v) is 1.35. The first-order valence-corrected chi connectivity index (χ1v) is 5.62. The molecule has 0 fully saturated rings. The van der Waals surface area contributed by atoms with Crippen LogP contribution in [-0.2, 0) is 16.1 Å². The van der Waals surface area contributed by atoms with Crippen LogP contribution in [0.4, 0.5) is 0 Å². The van der Waals surface area contributed by atoms with Gasteiger partial charge in [0, 0.05) is 6.61 Å². The van der Waals surface area contributed by atoms with Crippen molar-refractivity contribution in [1.82, 2.24) is 0 Å². The summed E-state index contributed by atoms with van der Waals surface area (Å²) in [6, 6.07) is 11.9. The van der Waals surface area contributed by atoms with Gasteiger partial charge >= 0.3 is 0 Å². The third-order valence-electron chi connectivity index (χ3n) is 2.88. The molecule has 0 radical (unpaired) electrons. The van der Waals surface area contributed by atoms with Gasteiger partial charge in [-0.3, -0.25) is 4.79 Å². The first-order valence-electron chi connectivity index (χ1n) is 5.62. The van der Waals surface area contributed by atoms with Crippen molar-refractivity contribution >= 4 is 5.78 Å². The van der Waals surface area contributed by atoms with E-state index in [9.17, 15) is 4.79 Å². The fourth-order valence-electron chi connectivity index (χ4n) is 1.35. The molecule has 0 aromatic heterocycles. The Hall–Kier alpha value is -1.66. The van der Waals surface area contributed by atoms with E-state index in [1.54, 1.807) is 6.92 Å². The number of rotatable bonds is 6. The number of carbonyl (C=O) groups is 1. The summed E-state index contributed by atoms with van der Waals surface area (Å²) in [4.78, 5) is 11.3. The Kier molecular flexibility index (Phi) is 4.86. The lowest BCUT2D eigenvalue weighted by atomic mass is 9.85. The van der Waals surface area contributed by atoms with Gasteiger partial charge in [-0.2, -0.15) is 5.26 Å². The van der Waals surface area contributed by atoms with Gasteiger partial charge in [0.25, 0.3) is 0 Å². The molecule has 0 heterocycles. The molecule has 0 aliphatic carbocycles. The van der Waals surface area contributed by atoms with Crippen LogP contribution in [0.2, 0.25) is 0 Å². The number of hydrogen-bond acceptors (Lipinski definition) is 3. The van der Waals surface area contributed by atoms with Crippen molar-refractivity contribution in [3.8, 4) is 6.07 Å². The average Bonchev–Trinajstić information content (AvgIpc) is 2.35. The molecule has 3 nitrogen and oxygen atoms in total. The number of nitrogens with zero attached hydrogens (tertiary/aromatic N) is 1. The van der Waals surface area contributed by atoms with Crippen molar-refractivity contribution in [3.63, 3.8) is 0 Å². The van der Waals surface area contributed by atoms with Crippen molar-refractivity contribution in [2.45, 2.75) is 26.9 Å². The molecule has 1 rings (SSSR count). The van der Waals surface area contributed by atoms with E-state index in [-0.39, 0.29) is 5.78 Å². The Morgan fingerprint density at radius 3 is 2.59 bits per heavy atom. The molecule has 0 saturated heterocycles. The summed E-state index contributed by atoms with van der Waals surface area (Å²) >= 11 is 0. The third-order valence-corrected chi connectivity index (χ3v) is 2.88. The molecule has 0 spiro atoms. The maximum absolute atomic E-state index is 11.3. The van der Waals surface area contributed by atoms with Crippen molar-refractivity contribution < 1.29 is 9.53 Å². The quantitative estimate of drug-likeness (QED) is 0.707. The largest absolute Gasteiger partial charge is 0.377 e. The number of nitriles is 1. The van der Waals surface area contributed by atoms with Crippen LogP contribution in [0, 0.1) is 16.7 Å². The van der Waals surface area contributed by atoms with Crippen molar-refractivity contribution in [3.05, 3.63) is 35.9 Å². The maximum atomic E-state index is 11.3. The Morgan fingerprint density at radius 1 is 1.41 bits per heavy atom. The molecule has 1 atom stereocenters. The molecule has 1 aromatic carbocycles. The molecular weight excluding hydrogens is 214 g/mol. The standard InChI is InChI=1S/C14H17NO2/c1-12(16)14(2,11-15)8-9-17-10-13-6-4-3-5-7-13/h3-7H,8-10H2,1-2H3. The number of hydrogen-bond donors (Lipinski definition) is 0. The van der Waals surface area contributed by atoms with Crippen molar-refractivity contribution in [2.24, 2.45) is 5.41 Å². The number of carbonyl (C=O) groups excluding carboxylic acids is 1. The van der Waals surface area contributed by atoms with E-state index in [1.807, 2.05) is 36.4 Å². The van der Waals surface area contributed by atoms with Gasteiger partial charge in [-0.25, -0.2) is 0 Å². The first kappa shape index (κ1) is 13.4. The number of benzene rings is 1. The molecule has 0 aliphatic rings. The van der Waals surface area contributed by atoms with Gasteiger partial charge in [0.1, 0.15) is 11.2 Å². The zero-order chi connectivity index (χ0) is 12.7. The van der Waals surface area contributed by atoms with E-state index in [0.29, 0.717) is 19.6 Å². The van der Waals surface area contributed by atoms with Gasteiger partial charge in [0.2, 0.25) is 0 Å². The lowest BCUT2D eigenvalue weighted by molar-refractivity contribution is -0.123. The van der Waals surface area contributed by atoms with E-state index >= 15 is 0 Å². The summed E-state index contributed by atoms with van der Waals surface area (Å²) < 4.78 is 5.46. The minimum atomic E-state index is -0.920. The van der Waals surface area contributed by atoms with Gasteiger partial charge in [-0.1, -0.05) is 30.3 Å². The molecular formula is C14H17NO2. The second kappa shape index (κ2) is 6.17. The minimum absolute atomic E-state index is 0.108. The maximum Gasteiger partial charge on any atom is 0.149 e. The van der Waals surface area contributed by atoms with E-state index in [2.05, 4.69) is 0 Å². The monoisotopic (exact) mass is 231 g/mol. The Labute approximate surface area is 102 Å². The Bertz CT molecular complexity index is 408. The van der Waals surface area contributed by atoms with Crippen LogP contribution in [-0.4, -0.2) is 12.4 Å². The molecule has 0 saturated carbocycles. The van der Waals surface area contributed by atoms with E-state index in [1.165, 1.54) is 6.92 Å². The lowest BCUT2D eigenvalue weighted by Crippen LogP contribution is -2.25. The highest BCUT2D eigenvalue weighted by atomic mass is 16.5. The van der Waals surface area contributed by atoms with Crippen molar-refractivity contribution in [1.29, 1.82) is 5.26 Å². The Balaban J connectivity index is 2.34. The van der Waals surface area contributed by atoms with Crippen LogP contribution in [0.1, 0.15) is 25.8 Å². The predicted octanol–water partition coefficient (Wildman–Crippen LogP) is 2.71. The van der Waals surface area contributed by atoms with Crippen molar-refractivity contribution in [2.75, 3.05) is 6.61 Å². The average molecular weight is 231 g/mol.